The molecule has 1 nitrogen and oxygen atoms in total. The third kappa shape index (κ3) is 3.63. The average molecular weight is 469 g/mol. The molecule has 4 rings (SSSR count). The van der Waals surface area contributed by atoms with E-state index in [1.54, 1.807) is 5.57 Å². The van der Waals surface area contributed by atoms with Crippen LogP contribution in [-0.4, -0.2) is 5.78 Å². The predicted molar refractivity (Wildman–Crippen MR) is 145 cm³/mol. The fourth-order valence-electron chi connectivity index (χ4n) is 10.2. The third-order valence-corrected chi connectivity index (χ3v) is 13.2. The van der Waals surface area contributed by atoms with Crippen LogP contribution in [0.15, 0.2) is 11.6 Å². The van der Waals surface area contributed by atoms with E-state index in [2.05, 4.69) is 82.2 Å². The van der Waals surface area contributed by atoms with Crippen molar-refractivity contribution in [2.24, 2.45) is 69.0 Å². The van der Waals surface area contributed by atoms with Crippen LogP contribution in [0.2, 0.25) is 0 Å². The van der Waals surface area contributed by atoms with Crippen molar-refractivity contribution in [2.75, 3.05) is 0 Å². The Hall–Kier alpha value is -0.590. The third-order valence-electron chi connectivity index (χ3n) is 13.2. The van der Waals surface area contributed by atoms with E-state index in [0.29, 0.717) is 34.9 Å². The SMILES string of the molecule is CC(C)[C@H](C)C[C@@H](C)C(C)(C)[C@H]1CC[C@@]2(C)C3=CC(=O)[C@@H]4C[C@@H](C)CC[C@]4(C)C3[C@@H](C)C[C@]12C. The van der Waals surface area contributed by atoms with Gasteiger partial charge in [-0.2, -0.15) is 0 Å². The summed E-state index contributed by atoms with van der Waals surface area (Å²) in [7, 11) is 0. The van der Waals surface area contributed by atoms with Gasteiger partial charge in [0.05, 0.1) is 0 Å². The number of carbonyl (C=O) groups is 1. The van der Waals surface area contributed by atoms with Crippen LogP contribution >= 0.6 is 0 Å². The first kappa shape index (κ1) is 26.5. The van der Waals surface area contributed by atoms with Gasteiger partial charge in [0.25, 0.3) is 0 Å². The molecular weight excluding hydrogens is 412 g/mol. The van der Waals surface area contributed by atoms with E-state index in [9.17, 15) is 4.79 Å². The molecule has 0 aliphatic heterocycles. The summed E-state index contributed by atoms with van der Waals surface area (Å²) >= 11 is 0. The largest absolute Gasteiger partial charge is 0.295 e. The smallest absolute Gasteiger partial charge is 0.159 e. The van der Waals surface area contributed by atoms with Crippen LogP contribution in [0.1, 0.15) is 121 Å². The van der Waals surface area contributed by atoms with Gasteiger partial charge < -0.3 is 0 Å². The Kier molecular flexibility index (Phi) is 6.60. The van der Waals surface area contributed by atoms with Crippen molar-refractivity contribution in [3.05, 3.63) is 11.6 Å². The van der Waals surface area contributed by atoms with Crippen LogP contribution < -0.4 is 0 Å². The quantitative estimate of drug-likeness (QED) is 0.393. The van der Waals surface area contributed by atoms with Gasteiger partial charge in [0.1, 0.15) is 0 Å². The second-order valence-corrected chi connectivity index (χ2v) is 15.6. The molecule has 0 aromatic heterocycles. The van der Waals surface area contributed by atoms with Crippen molar-refractivity contribution in [3.8, 4) is 0 Å². The predicted octanol–water partition coefficient (Wildman–Crippen LogP) is 9.36. The summed E-state index contributed by atoms with van der Waals surface area (Å²) in [5.74, 6) is 5.65. The summed E-state index contributed by atoms with van der Waals surface area (Å²) in [5, 5.41) is 0. The molecule has 0 spiro atoms. The molecule has 3 saturated carbocycles. The zero-order valence-corrected chi connectivity index (χ0v) is 24.6. The zero-order chi connectivity index (χ0) is 25.4. The van der Waals surface area contributed by atoms with Crippen molar-refractivity contribution in [3.63, 3.8) is 0 Å². The van der Waals surface area contributed by atoms with Crippen LogP contribution in [0.5, 0.6) is 0 Å². The molecule has 0 aromatic carbocycles. The van der Waals surface area contributed by atoms with Crippen molar-refractivity contribution < 1.29 is 4.79 Å². The summed E-state index contributed by atoms with van der Waals surface area (Å²) in [6.45, 7) is 27.6. The normalized spacial score (nSPS) is 46.4. The maximum atomic E-state index is 13.7. The minimum Gasteiger partial charge on any atom is -0.295 e. The van der Waals surface area contributed by atoms with Gasteiger partial charge >= 0.3 is 0 Å². The fourth-order valence-corrected chi connectivity index (χ4v) is 10.2. The molecule has 34 heavy (non-hydrogen) atoms. The molecule has 194 valence electrons. The first-order valence-corrected chi connectivity index (χ1v) is 14.9. The van der Waals surface area contributed by atoms with Crippen LogP contribution in [0.25, 0.3) is 0 Å². The molecule has 0 heterocycles. The maximum absolute atomic E-state index is 13.7. The monoisotopic (exact) mass is 468 g/mol. The lowest BCUT2D eigenvalue weighted by Crippen LogP contribution is -2.58. The first-order chi connectivity index (χ1) is 15.6. The molecule has 0 saturated heterocycles. The highest BCUT2D eigenvalue weighted by molar-refractivity contribution is 5.94. The van der Waals surface area contributed by atoms with Gasteiger partial charge in [-0.05, 0) is 108 Å². The van der Waals surface area contributed by atoms with E-state index in [1.807, 2.05) is 0 Å². The van der Waals surface area contributed by atoms with Gasteiger partial charge in [0.15, 0.2) is 5.78 Å². The first-order valence-electron chi connectivity index (χ1n) is 14.9. The van der Waals surface area contributed by atoms with Crippen molar-refractivity contribution in [2.45, 2.75) is 121 Å². The van der Waals surface area contributed by atoms with E-state index < -0.39 is 0 Å². The van der Waals surface area contributed by atoms with E-state index >= 15 is 0 Å². The Morgan fingerprint density at radius 1 is 1.03 bits per heavy atom. The van der Waals surface area contributed by atoms with Gasteiger partial charge in [0.2, 0.25) is 0 Å². The molecule has 0 N–H and O–H groups in total. The second-order valence-electron chi connectivity index (χ2n) is 15.6. The number of carbonyl (C=O) groups excluding carboxylic acids is 1. The number of fused-ring (bicyclic) bond motifs is 5. The Morgan fingerprint density at radius 2 is 1.68 bits per heavy atom. The Labute approximate surface area is 212 Å². The van der Waals surface area contributed by atoms with Gasteiger partial charge in [-0.15, -0.1) is 0 Å². The number of rotatable bonds is 5. The summed E-state index contributed by atoms with van der Waals surface area (Å²) in [4.78, 5) is 13.7. The van der Waals surface area contributed by atoms with Crippen LogP contribution in [-0.2, 0) is 4.79 Å². The fraction of sp³-hybridized carbons (Fsp3) is 0.909. The summed E-state index contributed by atoms with van der Waals surface area (Å²) in [5.41, 5.74) is 2.51. The molecule has 4 aliphatic carbocycles. The van der Waals surface area contributed by atoms with Crippen molar-refractivity contribution in [1.82, 2.24) is 0 Å². The van der Waals surface area contributed by atoms with Crippen molar-refractivity contribution >= 4 is 5.78 Å². The van der Waals surface area contributed by atoms with Crippen LogP contribution in [0.4, 0.5) is 0 Å². The van der Waals surface area contributed by atoms with E-state index in [4.69, 9.17) is 0 Å². The highest BCUT2D eigenvalue weighted by Gasteiger charge is 2.67. The molecule has 1 unspecified atom stereocenters. The summed E-state index contributed by atoms with van der Waals surface area (Å²) in [6.07, 6.45) is 11.1. The van der Waals surface area contributed by atoms with E-state index in [1.165, 1.54) is 38.5 Å². The number of hydrogen-bond acceptors (Lipinski definition) is 1. The minimum atomic E-state index is 0.169. The van der Waals surface area contributed by atoms with Crippen LogP contribution in [0, 0.1) is 69.0 Å². The summed E-state index contributed by atoms with van der Waals surface area (Å²) in [6, 6.07) is 0. The number of allylic oxidation sites excluding steroid dienone is 2. The van der Waals surface area contributed by atoms with Gasteiger partial charge in [-0.3, -0.25) is 4.79 Å². The Bertz CT molecular complexity index is 833. The summed E-state index contributed by atoms with van der Waals surface area (Å²) < 4.78 is 0. The highest BCUT2D eigenvalue weighted by atomic mass is 16.1. The van der Waals surface area contributed by atoms with Gasteiger partial charge in [0, 0.05) is 5.92 Å². The maximum Gasteiger partial charge on any atom is 0.159 e. The molecular formula is C33H56O. The number of ketones is 1. The van der Waals surface area contributed by atoms with E-state index in [0.717, 1.165) is 24.2 Å². The minimum absolute atomic E-state index is 0.169. The lowest BCUT2D eigenvalue weighted by atomic mass is 9.40. The Morgan fingerprint density at radius 3 is 2.29 bits per heavy atom. The van der Waals surface area contributed by atoms with Crippen molar-refractivity contribution in [1.29, 1.82) is 0 Å². The molecule has 0 aromatic rings. The molecule has 10 atom stereocenters. The second kappa shape index (κ2) is 8.48. The molecule has 1 heteroatoms. The standard InChI is InChI=1S/C33H56O/c1-20(2)22(4)17-24(6)30(7,8)28-13-15-32(10)26-18-27(34)25-16-21(3)12-14-31(25,9)29(26)23(5)19-33(28,32)11/h18,20-25,28-29H,12-17,19H2,1-11H3/t21-,22+,23-,24+,25-,28+,29?,31-,32-,33+/m0/s1. The molecule has 0 bridgehead atoms. The topological polar surface area (TPSA) is 17.1 Å². The number of hydrogen-bond donors (Lipinski definition) is 0. The van der Waals surface area contributed by atoms with Gasteiger partial charge in [-0.1, -0.05) is 88.2 Å². The lowest BCUT2D eigenvalue weighted by Gasteiger charge is -2.64. The van der Waals surface area contributed by atoms with E-state index in [-0.39, 0.29) is 22.2 Å². The molecule has 4 aliphatic rings. The van der Waals surface area contributed by atoms with Gasteiger partial charge in [-0.25, -0.2) is 0 Å². The Balaban J connectivity index is 1.71. The molecule has 3 fully saturated rings. The molecule has 0 radical (unpaired) electrons. The average Bonchev–Trinajstić information content (AvgIpc) is 3.00. The highest BCUT2D eigenvalue weighted by Crippen LogP contribution is 2.74. The zero-order valence-electron chi connectivity index (χ0n) is 24.6. The van der Waals surface area contributed by atoms with Crippen LogP contribution in [0.3, 0.4) is 0 Å². The lowest BCUT2D eigenvalue weighted by molar-refractivity contribution is -0.136. The molecule has 0 amide bonds.